The van der Waals surface area contributed by atoms with Crippen molar-refractivity contribution in [3.05, 3.63) is 33.9 Å². The molecule has 2 N–H and O–H groups in total. The molecule has 1 heterocycles. The first-order valence-corrected chi connectivity index (χ1v) is 7.09. The van der Waals surface area contributed by atoms with Gasteiger partial charge in [0, 0.05) is 0 Å². The number of carbonyl (C=O) groups is 2. The van der Waals surface area contributed by atoms with Crippen molar-refractivity contribution in [1.29, 1.82) is 0 Å². The van der Waals surface area contributed by atoms with Gasteiger partial charge in [0.25, 0.3) is 5.91 Å². The largest absolute Gasteiger partial charge is 0.490 e. The van der Waals surface area contributed by atoms with Gasteiger partial charge in [-0.15, -0.1) is 0 Å². The normalized spacial score (nSPS) is 17.9. The van der Waals surface area contributed by atoms with Gasteiger partial charge in [0.05, 0.1) is 10.6 Å². The van der Waals surface area contributed by atoms with E-state index in [4.69, 9.17) is 4.74 Å². The van der Waals surface area contributed by atoms with Gasteiger partial charge in [-0.3, -0.25) is 10.1 Å². The standard InChI is InChI=1S/C14H15BrN2O3/c1-3-8(2)20-12-5-4-9(6-10(12)15)7-11-13(18)17-14(19)16-11/h4-8H,3H2,1-2H3,(H2,16,17,18,19). The highest BCUT2D eigenvalue weighted by Crippen LogP contribution is 2.28. The molecule has 20 heavy (non-hydrogen) atoms. The van der Waals surface area contributed by atoms with Crippen LogP contribution in [0.1, 0.15) is 25.8 Å². The summed E-state index contributed by atoms with van der Waals surface area (Å²) in [5, 5.41) is 4.60. The Labute approximate surface area is 125 Å². The summed E-state index contributed by atoms with van der Waals surface area (Å²) in [6.45, 7) is 4.06. The average molecular weight is 339 g/mol. The minimum absolute atomic E-state index is 0.135. The zero-order valence-corrected chi connectivity index (χ0v) is 12.8. The summed E-state index contributed by atoms with van der Waals surface area (Å²) < 4.78 is 6.54. The van der Waals surface area contributed by atoms with Crippen molar-refractivity contribution >= 4 is 33.9 Å². The summed E-state index contributed by atoms with van der Waals surface area (Å²) in [6.07, 6.45) is 2.66. The van der Waals surface area contributed by atoms with Gasteiger partial charge in [-0.25, -0.2) is 4.79 Å². The summed E-state index contributed by atoms with van der Waals surface area (Å²) in [5.74, 6) is 0.326. The molecule has 0 aromatic heterocycles. The van der Waals surface area contributed by atoms with Gasteiger partial charge in [-0.2, -0.15) is 0 Å². The van der Waals surface area contributed by atoms with Crippen LogP contribution in [0.2, 0.25) is 0 Å². The molecule has 0 saturated carbocycles. The summed E-state index contributed by atoms with van der Waals surface area (Å²) in [5.41, 5.74) is 1.03. The highest BCUT2D eigenvalue weighted by atomic mass is 79.9. The third kappa shape index (κ3) is 3.39. The second-order valence-corrected chi connectivity index (χ2v) is 5.35. The minimum atomic E-state index is -0.503. The van der Waals surface area contributed by atoms with Crippen LogP contribution in [0.25, 0.3) is 6.08 Å². The Kier molecular flexibility index (Phi) is 4.44. The van der Waals surface area contributed by atoms with E-state index in [0.29, 0.717) is 0 Å². The van der Waals surface area contributed by atoms with Crippen LogP contribution in [-0.4, -0.2) is 18.0 Å². The molecule has 5 nitrogen and oxygen atoms in total. The number of imide groups is 1. The van der Waals surface area contributed by atoms with E-state index in [1.807, 2.05) is 25.1 Å². The van der Waals surface area contributed by atoms with Crippen molar-refractivity contribution in [3.8, 4) is 5.75 Å². The molecule has 1 aromatic rings. The lowest BCUT2D eigenvalue weighted by molar-refractivity contribution is -0.115. The molecular formula is C14H15BrN2O3. The number of urea groups is 1. The number of hydrogen-bond acceptors (Lipinski definition) is 3. The fourth-order valence-corrected chi connectivity index (χ4v) is 2.14. The van der Waals surface area contributed by atoms with Gasteiger partial charge in [0.1, 0.15) is 11.4 Å². The molecule has 1 unspecified atom stereocenters. The molecule has 106 valence electrons. The SMILES string of the molecule is CCC(C)Oc1ccc(C=C2NC(=O)NC2=O)cc1Br. The lowest BCUT2D eigenvalue weighted by Gasteiger charge is -2.14. The van der Waals surface area contributed by atoms with E-state index < -0.39 is 11.9 Å². The summed E-state index contributed by atoms with van der Waals surface area (Å²) >= 11 is 3.44. The first-order chi connectivity index (χ1) is 9.49. The average Bonchev–Trinajstić information content (AvgIpc) is 2.71. The Hall–Kier alpha value is -1.82. The topological polar surface area (TPSA) is 67.4 Å². The number of carbonyl (C=O) groups excluding carboxylic acids is 2. The van der Waals surface area contributed by atoms with E-state index >= 15 is 0 Å². The van der Waals surface area contributed by atoms with Crippen LogP contribution in [0.3, 0.4) is 0 Å². The number of benzene rings is 1. The molecule has 2 rings (SSSR count). The fourth-order valence-electron chi connectivity index (χ4n) is 1.65. The Balaban J connectivity index is 2.19. The van der Waals surface area contributed by atoms with E-state index in [1.165, 1.54) is 0 Å². The molecule has 1 atom stereocenters. The predicted molar refractivity (Wildman–Crippen MR) is 79.2 cm³/mol. The van der Waals surface area contributed by atoms with Crippen LogP contribution in [0.4, 0.5) is 4.79 Å². The number of nitrogens with one attached hydrogen (secondary N) is 2. The number of rotatable bonds is 4. The first-order valence-electron chi connectivity index (χ1n) is 6.30. The molecule has 0 spiro atoms. The molecule has 0 aliphatic carbocycles. The zero-order chi connectivity index (χ0) is 14.7. The smallest absolute Gasteiger partial charge is 0.326 e. The predicted octanol–water partition coefficient (Wildman–Crippen LogP) is 2.81. The highest BCUT2D eigenvalue weighted by Gasteiger charge is 2.22. The van der Waals surface area contributed by atoms with Crippen molar-refractivity contribution in [2.24, 2.45) is 0 Å². The second-order valence-electron chi connectivity index (χ2n) is 4.49. The molecule has 0 radical (unpaired) electrons. The Morgan fingerprint density at radius 1 is 1.35 bits per heavy atom. The van der Waals surface area contributed by atoms with Crippen molar-refractivity contribution in [3.63, 3.8) is 0 Å². The van der Waals surface area contributed by atoms with Crippen LogP contribution in [-0.2, 0) is 4.79 Å². The Morgan fingerprint density at radius 3 is 2.65 bits per heavy atom. The molecule has 1 aliphatic heterocycles. The highest BCUT2D eigenvalue weighted by molar-refractivity contribution is 9.10. The van der Waals surface area contributed by atoms with E-state index in [0.717, 1.165) is 22.2 Å². The first kappa shape index (κ1) is 14.6. The number of ether oxygens (including phenoxy) is 1. The maximum absolute atomic E-state index is 11.4. The Bertz CT molecular complexity index is 584. The van der Waals surface area contributed by atoms with Crippen LogP contribution in [0, 0.1) is 0 Å². The monoisotopic (exact) mass is 338 g/mol. The Morgan fingerprint density at radius 2 is 2.10 bits per heavy atom. The summed E-state index contributed by atoms with van der Waals surface area (Å²) in [4.78, 5) is 22.4. The van der Waals surface area contributed by atoms with Gasteiger partial charge in [-0.05, 0) is 53.0 Å². The number of amides is 3. The third-order valence-electron chi connectivity index (χ3n) is 2.89. The molecule has 6 heteroatoms. The molecule has 3 amide bonds. The third-order valence-corrected chi connectivity index (χ3v) is 3.51. The van der Waals surface area contributed by atoms with Crippen LogP contribution in [0.15, 0.2) is 28.4 Å². The fraction of sp³-hybridized carbons (Fsp3) is 0.286. The van der Waals surface area contributed by atoms with Crippen molar-refractivity contribution < 1.29 is 14.3 Å². The molecule has 1 aliphatic rings. The quantitative estimate of drug-likeness (QED) is 0.655. The second kappa shape index (κ2) is 6.09. The van der Waals surface area contributed by atoms with Gasteiger partial charge in [0.15, 0.2) is 0 Å². The van der Waals surface area contributed by atoms with Crippen LogP contribution < -0.4 is 15.4 Å². The maximum atomic E-state index is 11.4. The lowest BCUT2D eigenvalue weighted by Crippen LogP contribution is -2.22. The van der Waals surface area contributed by atoms with E-state index in [1.54, 1.807) is 6.08 Å². The van der Waals surface area contributed by atoms with Gasteiger partial charge in [0.2, 0.25) is 0 Å². The molecule has 1 fully saturated rings. The molecule has 0 bridgehead atoms. The van der Waals surface area contributed by atoms with Gasteiger partial charge >= 0.3 is 6.03 Å². The lowest BCUT2D eigenvalue weighted by atomic mass is 10.2. The van der Waals surface area contributed by atoms with Crippen molar-refractivity contribution in [1.82, 2.24) is 10.6 Å². The zero-order valence-electron chi connectivity index (χ0n) is 11.2. The van der Waals surface area contributed by atoms with Crippen molar-refractivity contribution in [2.45, 2.75) is 26.4 Å². The van der Waals surface area contributed by atoms with Crippen LogP contribution in [0.5, 0.6) is 5.75 Å². The van der Waals surface area contributed by atoms with Crippen molar-refractivity contribution in [2.75, 3.05) is 0 Å². The number of hydrogen-bond donors (Lipinski definition) is 2. The minimum Gasteiger partial charge on any atom is -0.490 e. The maximum Gasteiger partial charge on any atom is 0.326 e. The van der Waals surface area contributed by atoms with E-state index in [2.05, 4.69) is 33.5 Å². The van der Waals surface area contributed by atoms with Crippen LogP contribution >= 0.6 is 15.9 Å². The van der Waals surface area contributed by atoms with E-state index in [9.17, 15) is 9.59 Å². The number of halogens is 1. The summed E-state index contributed by atoms with van der Waals surface area (Å²) in [7, 11) is 0. The molecule has 1 aromatic carbocycles. The van der Waals surface area contributed by atoms with Gasteiger partial charge in [-0.1, -0.05) is 13.0 Å². The molecular weight excluding hydrogens is 324 g/mol. The molecule has 1 saturated heterocycles. The van der Waals surface area contributed by atoms with E-state index in [-0.39, 0.29) is 11.8 Å². The summed E-state index contributed by atoms with van der Waals surface area (Å²) in [6, 6.07) is 4.99. The van der Waals surface area contributed by atoms with Gasteiger partial charge < -0.3 is 10.1 Å².